The molecule has 5 rings (SSSR count). The van der Waals surface area contributed by atoms with Crippen molar-refractivity contribution in [3.63, 3.8) is 0 Å². The lowest BCUT2D eigenvalue weighted by atomic mass is 10.1. The fourth-order valence-corrected chi connectivity index (χ4v) is 4.65. The average Bonchev–Trinajstić information content (AvgIpc) is 3.20. The van der Waals surface area contributed by atoms with Gasteiger partial charge in [-0.3, -0.25) is 14.6 Å². The Balaban J connectivity index is 1.36. The highest BCUT2D eigenvalue weighted by atomic mass is 32.2. The molecular formula is C24H22N6O2S. The molecule has 1 aromatic heterocycles. The molecule has 1 unspecified atom stereocenters. The summed E-state index contributed by atoms with van der Waals surface area (Å²) in [5.74, 6) is 1.11. The van der Waals surface area contributed by atoms with Gasteiger partial charge in [-0.1, -0.05) is 30.0 Å². The third-order valence-electron chi connectivity index (χ3n) is 5.52. The van der Waals surface area contributed by atoms with Crippen molar-refractivity contribution in [1.29, 1.82) is 0 Å². The minimum atomic E-state index is -0.187. The first kappa shape index (κ1) is 21.1. The number of para-hydroxylation sites is 1. The Bertz CT molecular complexity index is 1270. The van der Waals surface area contributed by atoms with E-state index in [1.807, 2.05) is 31.2 Å². The fourth-order valence-electron chi connectivity index (χ4n) is 3.76. The van der Waals surface area contributed by atoms with Crippen molar-refractivity contribution in [3.8, 4) is 11.3 Å². The zero-order chi connectivity index (χ0) is 22.9. The SMILES string of the molecule is CC1CSC(NC(=O)c2ccc(Nc3ncc4c(n3)-c3ccccc3N(C)C(=O)C4)cc2)=N1. The predicted molar refractivity (Wildman–Crippen MR) is 131 cm³/mol. The molecule has 2 N–H and O–H groups in total. The molecule has 8 nitrogen and oxygen atoms in total. The van der Waals surface area contributed by atoms with Crippen LogP contribution >= 0.6 is 11.8 Å². The van der Waals surface area contributed by atoms with Gasteiger partial charge in [0.1, 0.15) is 0 Å². The second-order valence-electron chi connectivity index (χ2n) is 7.96. The second kappa shape index (κ2) is 8.67. The number of aliphatic imine (C=N–C) groups is 1. The van der Waals surface area contributed by atoms with Crippen molar-refractivity contribution in [2.24, 2.45) is 4.99 Å². The molecule has 2 aromatic carbocycles. The molecule has 166 valence electrons. The third-order valence-corrected chi connectivity index (χ3v) is 6.65. The maximum Gasteiger partial charge on any atom is 0.257 e. The minimum Gasteiger partial charge on any atom is -0.324 e. The van der Waals surface area contributed by atoms with Gasteiger partial charge in [0.25, 0.3) is 5.91 Å². The van der Waals surface area contributed by atoms with E-state index < -0.39 is 0 Å². The van der Waals surface area contributed by atoms with Crippen LogP contribution in [0, 0.1) is 0 Å². The molecule has 0 aliphatic carbocycles. The van der Waals surface area contributed by atoms with Gasteiger partial charge in [-0.25, -0.2) is 9.97 Å². The van der Waals surface area contributed by atoms with Crippen LogP contribution in [0.25, 0.3) is 11.3 Å². The van der Waals surface area contributed by atoms with Crippen molar-refractivity contribution in [2.45, 2.75) is 19.4 Å². The molecule has 2 amide bonds. The number of amidine groups is 1. The Hall–Kier alpha value is -3.72. The van der Waals surface area contributed by atoms with Crippen LogP contribution < -0.4 is 15.5 Å². The first-order valence-corrected chi connectivity index (χ1v) is 11.6. The maximum atomic E-state index is 12.5. The zero-order valence-electron chi connectivity index (χ0n) is 18.2. The van der Waals surface area contributed by atoms with Crippen LogP contribution in [0.4, 0.5) is 17.3 Å². The maximum absolute atomic E-state index is 12.5. The summed E-state index contributed by atoms with van der Waals surface area (Å²) in [6.45, 7) is 2.02. The number of thioether (sulfide) groups is 1. The number of nitrogens with one attached hydrogen (secondary N) is 2. The molecule has 0 fully saturated rings. The lowest BCUT2D eigenvalue weighted by Gasteiger charge is -2.16. The van der Waals surface area contributed by atoms with E-state index in [0.29, 0.717) is 16.7 Å². The molecule has 2 aliphatic heterocycles. The number of carbonyl (C=O) groups is 2. The van der Waals surface area contributed by atoms with Gasteiger partial charge in [-0.2, -0.15) is 0 Å². The number of likely N-dealkylation sites (N-methyl/N-ethyl adjacent to an activating group) is 1. The van der Waals surface area contributed by atoms with E-state index in [4.69, 9.17) is 4.98 Å². The molecule has 0 spiro atoms. The number of amides is 2. The van der Waals surface area contributed by atoms with Gasteiger partial charge in [0.05, 0.1) is 23.8 Å². The number of anilines is 3. The van der Waals surface area contributed by atoms with E-state index in [1.54, 1.807) is 54.2 Å². The summed E-state index contributed by atoms with van der Waals surface area (Å²) in [5, 5.41) is 6.71. The summed E-state index contributed by atoms with van der Waals surface area (Å²) in [4.78, 5) is 40.2. The van der Waals surface area contributed by atoms with E-state index in [9.17, 15) is 9.59 Å². The smallest absolute Gasteiger partial charge is 0.257 e. The molecule has 0 bridgehead atoms. The van der Waals surface area contributed by atoms with E-state index >= 15 is 0 Å². The Morgan fingerprint density at radius 1 is 1.15 bits per heavy atom. The lowest BCUT2D eigenvalue weighted by molar-refractivity contribution is -0.117. The normalized spacial score (nSPS) is 17.0. The Morgan fingerprint density at radius 2 is 1.94 bits per heavy atom. The quantitative estimate of drug-likeness (QED) is 0.622. The number of fused-ring (bicyclic) bond motifs is 3. The highest BCUT2D eigenvalue weighted by Crippen LogP contribution is 2.35. The van der Waals surface area contributed by atoms with Crippen molar-refractivity contribution in [1.82, 2.24) is 15.3 Å². The molecule has 0 saturated carbocycles. The fraction of sp³-hybridized carbons (Fsp3) is 0.208. The highest BCUT2D eigenvalue weighted by molar-refractivity contribution is 8.14. The second-order valence-corrected chi connectivity index (χ2v) is 8.97. The molecule has 0 radical (unpaired) electrons. The Kier molecular flexibility index (Phi) is 5.55. The molecule has 3 heterocycles. The number of benzene rings is 2. The van der Waals surface area contributed by atoms with Crippen LogP contribution in [0.5, 0.6) is 0 Å². The molecule has 1 atom stereocenters. The number of rotatable bonds is 3. The number of nitrogens with zero attached hydrogens (tertiary/aromatic N) is 4. The first-order chi connectivity index (χ1) is 16.0. The zero-order valence-corrected chi connectivity index (χ0v) is 19.0. The lowest BCUT2D eigenvalue weighted by Crippen LogP contribution is -2.27. The van der Waals surface area contributed by atoms with Crippen molar-refractivity contribution >= 4 is 46.1 Å². The van der Waals surface area contributed by atoms with Crippen molar-refractivity contribution in [2.75, 3.05) is 23.0 Å². The molecule has 3 aromatic rings. The molecule has 9 heteroatoms. The Labute approximate surface area is 195 Å². The van der Waals surface area contributed by atoms with Crippen LogP contribution in [0.15, 0.2) is 59.7 Å². The van der Waals surface area contributed by atoms with Gasteiger partial charge < -0.3 is 15.5 Å². The van der Waals surface area contributed by atoms with Gasteiger partial charge >= 0.3 is 0 Å². The van der Waals surface area contributed by atoms with E-state index in [1.165, 1.54) is 0 Å². The first-order valence-electron chi connectivity index (χ1n) is 10.6. The molecular weight excluding hydrogens is 436 g/mol. The number of hydrogen-bond donors (Lipinski definition) is 2. The topological polar surface area (TPSA) is 99.6 Å². The molecule has 2 aliphatic rings. The van der Waals surface area contributed by atoms with Gasteiger partial charge in [-0.05, 0) is 37.3 Å². The summed E-state index contributed by atoms with van der Waals surface area (Å²) < 4.78 is 0. The van der Waals surface area contributed by atoms with Crippen LogP contribution in [0.1, 0.15) is 22.8 Å². The standard InChI is InChI=1S/C24H22N6O2S/c1-14-13-33-24(26-14)29-22(32)15-7-9-17(10-8-15)27-23-25-12-16-11-20(31)30(2)19-6-4-3-5-18(19)21(16)28-23/h3-10,12,14H,11,13H2,1-2H3,(H,25,27,28)(H,26,29,32). The van der Waals surface area contributed by atoms with Crippen LogP contribution in [0.2, 0.25) is 0 Å². The monoisotopic (exact) mass is 458 g/mol. The van der Waals surface area contributed by atoms with Gasteiger partial charge in [0.15, 0.2) is 5.17 Å². The van der Waals surface area contributed by atoms with Gasteiger partial charge in [0.2, 0.25) is 11.9 Å². The molecule has 0 saturated heterocycles. The number of aromatic nitrogens is 2. The summed E-state index contributed by atoms with van der Waals surface area (Å²) in [5.41, 5.74) is 4.53. The van der Waals surface area contributed by atoms with Crippen LogP contribution in [-0.2, 0) is 11.2 Å². The minimum absolute atomic E-state index is 0.00389. The van der Waals surface area contributed by atoms with Crippen LogP contribution in [0.3, 0.4) is 0 Å². The number of carbonyl (C=O) groups excluding carboxylic acids is 2. The summed E-state index contributed by atoms with van der Waals surface area (Å²) in [6.07, 6.45) is 1.94. The van der Waals surface area contributed by atoms with Crippen molar-refractivity contribution in [3.05, 3.63) is 65.9 Å². The average molecular weight is 459 g/mol. The highest BCUT2D eigenvalue weighted by Gasteiger charge is 2.24. The summed E-state index contributed by atoms with van der Waals surface area (Å²) in [6, 6.07) is 15.0. The van der Waals surface area contributed by atoms with E-state index in [0.717, 1.165) is 33.9 Å². The largest absolute Gasteiger partial charge is 0.324 e. The summed E-state index contributed by atoms with van der Waals surface area (Å²) >= 11 is 1.55. The van der Waals surface area contributed by atoms with Crippen LogP contribution in [-0.4, -0.2) is 45.8 Å². The van der Waals surface area contributed by atoms with E-state index in [-0.39, 0.29) is 24.3 Å². The van der Waals surface area contributed by atoms with Gasteiger partial charge in [0, 0.05) is 41.4 Å². The third kappa shape index (κ3) is 4.31. The predicted octanol–water partition coefficient (Wildman–Crippen LogP) is 3.63. The number of hydrogen-bond acceptors (Lipinski definition) is 7. The van der Waals surface area contributed by atoms with E-state index in [2.05, 4.69) is 20.6 Å². The van der Waals surface area contributed by atoms with Gasteiger partial charge in [-0.15, -0.1) is 0 Å². The summed E-state index contributed by atoms with van der Waals surface area (Å²) in [7, 11) is 1.77. The molecule has 33 heavy (non-hydrogen) atoms. The van der Waals surface area contributed by atoms with Crippen molar-refractivity contribution < 1.29 is 9.59 Å². The Morgan fingerprint density at radius 3 is 2.70 bits per heavy atom.